The van der Waals surface area contributed by atoms with E-state index in [4.69, 9.17) is 5.11 Å². The zero-order chi connectivity index (χ0) is 10.4. The summed E-state index contributed by atoms with van der Waals surface area (Å²) in [6.07, 6.45) is 7.09. The van der Waals surface area contributed by atoms with Crippen molar-refractivity contribution in [3.8, 4) is 0 Å². The summed E-state index contributed by atoms with van der Waals surface area (Å²) in [5.74, 6) is 0.165. The van der Waals surface area contributed by atoms with Gasteiger partial charge in [-0.2, -0.15) is 0 Å². The van der Waals surface area contributed by atoms with E-state index in [1.54, 1.807) is 13.0 Å². The van der Waals surface area contributed by atoms with Gasteiger partial charge in [0.25, 0.3) is 0 Å². The van der Waals surface area contributed by atoms with Crippen molar-refractivity contribution in [2.24, 2.45) is 5.92 Å². The largest absolute Gasteiger partial charge is 0.478 e. The van der Waals surface area contributed by atoms with Crippen LogP contribution in [-0.4, -0.2) is 24.2 Å². The number of nitrogens with one attached hydrogen (secondary N) is 1. The van der Waals surface area contributed by atoms with Gasteiger partial charge in [-0.25, -0.2) is 4.79 Å². The highest BCUT2D eigenvalue weighted by Crippen LogP contribution is 2.33. The second kappa shape index (κ2) is 5.81. The maximum atomic E-state index is 10.4. The molecule has 3 heteroatoms. The van der Waals surface area contributed by atoms with Gasteiger partial charge in [0.1, 0.15) is 0 Å². The molecule has 1 fully saturated rings. The Morgan fingerprint density at radius 2 is 2.29 bits per heavy atom. The maximum Gasteiger partial charge on any atom is 0.330 e. The lowest BCUT2D eigenvalue weighted by Crippen LogP contribution is -2.16. The molecule has 1 aliphatic carbocycles. The van der Waals surface area contributed by atoms with Crippen LogP contribution >= 0.6 is 0 Å². The third-order valence-electron chi connectivity index (χ3n) is 2.55. The van der Waals surface area contributed by atoms with Crippen LogP contribution in [0.15, 0.2) is 11.6 Å². The second-order valence-corrected chi connectivity index (χ2v) is 3.98. The number of carboxylic acids is 1. The molecule has 0 aliphatic heterocycles. The molecule has 14 heavy (non-hydrogen) atoms. The van der Waals surface area contributed by atoms with E-state index in [0.717, 1.165) is 12.5 Å². The third-order valence-corrected chi connectivity index (χ3v) is 2.55. The van der Waals surface area contributed by atoms with Crippen LogP contribution in [-0.2, 0) is 4.79 Å². The first-order valence-electron chi connectivity index (χ1n) is 5.31. The molecule has 1 rings (SSSR count). The van der Waals surface area contributed by atoms with Crippen molar-refractivity contribution in [1.82, 2.24) is 5.32 Å². The summed E-state index contributed by atoms with van der Waals surface area (Å²) in [6, 6.07) is 0. The lowest BCUT2D eigenvalue weighted by Gasteiger charge is -2.00. The quantitative estimate of drug-likeness (QED) is 0.483. The Labute approximate surface area is 85.2 Å². The Morgan fingerprint density at radius 1 is 1.57 bits per heavy atom. The van der Waals surface area contributed by atoms with Crippen LogP contribution in [0.3, 0.4) is 0 Å². The van der Waals surface area contributed by atoms with Gasteiger partial charge in [-0.15, -0.1) is 0 Å². The Morgan fingerprint density at radius 3 is 2.86 bits per heavy atom. The predicted octanol–water partition coefficient (Wildman–Crippen LogP) is 1.80. The van der Waals surface area contributed by atoms with Gasteiger partial charge in [-0.1, -0.05) is 18.9 Å². The Balaban J connectivity index is 1.92. The van der Waals surface area contributed by atoms with Gasteiger partial charge in [0.2, 0.25) is 0 Å². The maximum absolute atomic E-state index is 10.4. The molecule has 0 aromatic rings. The lowest BCUT2D eigenvalue weighted by atomic mass is 10.2. The van der Waals surface area contributed by atoms with Gasteiger partial charge >= 0.3 is 5.97 Å². The number of rotatable bonds is 7. The van der Waals surface area contributed by atoms with E-state index in [1.165, 1.54) is 25.7 Å². The van der Waals surface area contributed by atoms with Crippen LogP contribution in [0.5, 0.6) is 0 Å². The highest BCUT2D eigenvalue weighted by Gasteiger charge is 2.19. The van der Waals surface area contributed by atoms with Crippen LogP contribution in [0.2, 0.25) is 0 Å². The van der Waals surface area contributed by atoms with E-state index in [2.05, 4.69) is 5.32 Å². The number of carbonyl (C=O) groups is 1. The number of carboxylic acid groups (broad SMARTS) is 1. The highest BCUT2D eigenvalue weighted by molar-refractivity contribution is 5.85. The lowest BCUT2D eigenvalue weighted by molar-refractivity contribution is -0.132. The molecule has 1 saturated carbocycles. The number of hydrogen-bond donors (Lipinski definition) is 2. The summed E-state index contributed by atoms with van der Waals surface area (Å²) in [5, 5.41) is 11.8. The van der Waals surface area contributed by atoms with E-state index >= 15 is 0 Å². The average molecular weight is 197 g/mol. The minimum absolute atomic E-state index is 0.416. The van der Waals surface area contributed by atoms with Crippen molar-refractivity contribution in [2.75, 3.05) is 13.1 Å². The SMILES string of the molecule is CC(=CCNCCCC1CC1)C(=O)O. The minimum atomic E-state index is -0.829. The monoisotopic (exact) mass is 197 g/mol. The Kier molecular flexibility index (Phi) is 4.66. The summed E-state index contributed by atoms with van der Waals surface area (Å²) in [5.41, 5.74) is 0.416. The van der Waals surface area contributed by atoms with Gasteiger partial charge in [0, 0.05) is 12.1 Å². The molecule has 0 bridgehead atoms. The van der Waals surface area contributed by atoms with Gasteiger partial charge in [0.15, 0.2) is 0 Å². The van der Waals surface area contributed by atoms with Crippen LogP contribution in [0, 0.1) is 5.92 Å². The first-order valence-corrected chi connectivity index (χ1v) is 5.31. The average Bonchev–Trinajstić information content (AvgIpc) is 2.94. The van der Waals surface area contributed by atoms with Crippen LogP contribution in [0.4, 0.5) is 0 Å². The standard InChI is InChI=1S/C11H19NO2/c1-9(11(13)14)6-8-12-7-2-3-10-4-5-10/h6,10,12H,2-5,7-8H2,1H3,(H,13,14). The fourth-order valence-corrected chi connectivity index (χ4v) is 1.34. The third kappa shape index (κ3) is 5.02. The molecule has 2 N–H and O–H groups in total. The summed E-state index contributed by atoms with van der Waals surface area (Å²) in [6.45, 7) is 3.29. The zero-order valence-corrected chi connectivity index (χ0v) is 8.75. The zero-order valence-electron chi connectivity index (χ0n) is 8.75. The van der Waals surface area contributed by atoms with Crippen molar-refractivity contribution in [3.63, 3.8) is 0 Å². The Bertz CT molecular complexity index is 219. The molecule has 0 aromatic carbocycles. The van der Waals surface area contributed by atoms with E-state index in [0.29, 0.717) is 12.1 Å². The van der Waals surface area contributed by atoms with Crippen molar-refractivity contribution in [1.29, 1.82) is 0 Å². The van der Waals surface area contributed by atoms with Crippen LogP contribution in [0.25, 0.3) is 0 Å². The number of aliphatic carboxylic acids is 1. The molecule has 1 aliphatic rings. The van der Waals surface area contributed by atoms with Crippen molar-refractivity contribution >= 4 is 5.97 Å². The first-order chi connectivity index (χ1) is 6.70. The molecule has 0 atom stereocenters. The topological polar surface area (TPSA) is 49.3 Å². The van der Waals surface area contributed by atoms with Crippen molar-refractivity contribution in [3.05, 3.63) is 11.6 Å². The smallest absolute Gasteiger partial charge is 0.330 e. The molecular formula is C11H19NO2. The molecule has 0 radical (unpaired) electrons. The van der Waals surface area contributed by atoms with E-state index in [9.17, 15) is 4.79 Å². The fraction of sp³-hybridized carbons (Fsp3) is 0.727. The molecule has 80 valence electrons. The molecule has 0 unspecified atom stereocenters. The predicted molar refractivity (Wildman–Crippen MR) is 56.2 cm³/mol. The normalized spacial score (nSPS) is 17.1. The van der Waals surface area contributed by atoms with Gasteiger partial charge in [-0.05, 0) is 32.2 Å². The van der Waals surface area contributed by atoms with Gasteiger partial charge < -0.3 is 10.4 Å². The molecule has 0 heterocycles. The Hall–Kier alpha value is -0.830. The van der Waals surface area contributed by atoms with Gasteiger partial charge in [-0.3, -0.25) is 0 Å². The molecule has 0 amide bonds. The summed E-state index contributed by atoms with van der Waals surface area (Å²) in [7, 11) is 0. The van der Waals surface area contributed by atoms with E-state index < -0.39 is 5.97 Å². The molecule has 0 saturated heterocycles. The highest BCUT2D eigenvalue weighted by atomic mass is 16.4. The first kappa shape index (κ1) is 11.2. The molecule has 3 nitrogen and oxygen atoms in total. The summed E-state index contributed by atoms with van der Waals surface area (Å²) in [4.78, 5) is 10.4. The summed E-state index contributed by atoms with van der Waals surface area (Å²) < 4.78 is 0. The van der Waals surface area contributed by atoms with Crippen molar-refractivity contribution < 1.29 is 9.90 Å². The molecule has 0 spiro atoms. The van der Waals surface area contributed by atoms with E-state index in [1.807, 2.05) is 0 Å². The van der Waals surface area contributed by atoms with Crippen LogP contribution in [0.1, 0.15) is 32.6 Å². The molecule has 0 aromatic heterocycles. The molecular weight excluding hydrogens is 178 g/mol. The van der Waals surface area contributed by atoms with E-state index in [-0.39, 0.29) is 0 Å². The number of hydrogen-bond acceptors (Lipinski definition) is 2. The second-order valence-electron chi connectivity index (χ2n) is 3.98. The van der Waals surface area contributed by atoms with Crippen molar-refractivity contribution in [2.45, 2.75) is 32.6 Å². The summed E-state index contributed by atoms with van der Waals surface area (Å²) >= 11 is 0. The van der Waals surface area contributed by atoms with Gasteiger partial charge in [0.05, 0.1) is 0 Å². The minimum Gasteiger partial charge on any atom is -0.478 e. The fourth-order valence-electron chi connectivity index (χ4n) is 1.34. The van der Waals surface area contributed by atoms with Crippen LogP contribution < -0.4 is 5.32 Å².